The maximum absolute atomic E-state index is 10.3. The first kappa shape index (κ1) is 13.6. The summed E-state index contributed by atoms with van der Waals surface area (Å²) in [7, 11) is 3.58. The van der Waals surface area contributed by atoms with Crippen molar-refractivity contribution in [3.8, 4) is 5.75 Å². The number of aliphatic hydroxyl groups excluding tert-OH is 1. The largest absolute Gasteiger partial charge is 0.496 e. The molecule has 0 aliphatic heterocycles. The fraction of sp³-hybridized carbons (Fsp3) is 0.400. The topological polar surface area (TPSA) is 47.3 Å². The maximum Gasteiger partial charge on any atom is 0.124 e. The van der Waals surface area contributed by atoms with Crippen LogP contribution < -0.4 is 4.74 Å². The molecule has 0 fully saturated rings. The van der Waals surface area contributed by atoms with Gasteiger partial charge in [-0.1, -0.05) is 11.6 Å². The molecule has 4 nitrogen and oxygen atoms in total. The maximum atomic E-state index is 10.3. The zero-order valence-corrected chi connectivity index (χ0v) is 11.6. The number of hydrogen-bond donors (Lipinski definition) is 1. The van der Waals surface area contributed by atoms with E-state index in [1.807, 2.05) is 42.9 Å². The molecule has 102 valence electrons. The second kappa shape index (κ2) is 5.89. The first-order valence-corrected chi connectivity index (χ1v) is 6.40. The standard InChI is InChI=1S/C15H20N2O2/c1-11-4-6-14(19-3)12(10-11)13(18)5-7-15-16-8-9-17(15)2/h4,6,8-10,13,18H,5,7H2,1-3H3. The van der Waals surface area contributed by atoms with E-state index < -0.39 is 6.10 Å². The number of rotatable bonds is 5. The summed E-state index contributed by atoms with van der Waals surface area (Å²) in [6.07, 6.45) is 4.52. The van der Waals surface area contributed by atoms with Crippen molar-refractivity contribution < 1.29 is 9.84 Å². The van der Waals surface area contributed by atoms with E-state index in [1.165, 1.54) is 0 Å². The monoisotopic (exact) mass is 260 g/mol. The fourth-order valence-electron chi connectivity index (χ4n) is 2.17. The quantitative estimate of drug-likeness (QED) is 0.898. The zero-order chi connectivity index (χ0) is 13.8. The SMILES string of the molecule is COc1ccc(C)cc1C(O)CCc1nccn1C. The van der Waals surface area contributed by atoms with Crippen LogP contribution in [0.15, 0.2) is 30.6 Å². The summed E-state index contributed by atoms with van der Waals surface area (Å²) in [5, 5.41) is 10.3. The average molecular weight is 260 g/mol. The first-order valence-electron chi connectivity index (χ1n) is 6.40. The van der Waals surface area contributed by atoms with Crippen molar-refractivity contribution >= 4 is 0 Å². The van der Waals surface area contributed by atoms with Crippen molar-refractivity contribution in [1.29, 1.82) is 0 Å². The Balaban J connectivity index is 2.09. The van der Waals surface area contributed by atoms with Gasteiger partial charge in [-0.05, 0) is 25.5 Å². The summed E-state index contributed by atoms with van der Waals surface area (Å²) in [5.41, 5.74) is 1.96. The predicted molar refractivity (Wildman–Crippen MR) is 74.2 cm³/mol. The van der Waals surface area contributed by atoms with Crippen LogP contribution in [-0.2, 0) is 13.5 Å². The summed E-state index contributed by atoms with van der Waals surface area (Å²) < 4.78 is 7.27. The smallest absolute Gasteiger partial charge is 0.124 e. The van der Waals surface area contributed by atoms with Gasteiger partial charge in [0.05, 0.1) is 13.2 Å². The van der Waals surface area contributed by atoms with E-state index in [-0.39, 0.29) is 0 Å². The second-order valence-corrected chi connectivity index (χ2v) is 4.75. The molecule has 0 amide bonds. The van der Waals surface area contributed by atoms with Crippen LogP contribution in [0.5, 0.6) is 5.75 Å². The number of hydrogen-bond acceptors (Lipinski definition) is 3. The van der Waals surface area contributed by atoms with Crippen molar-refractivity contribution in [2.45, 2.75) is 25.9 Å². The molecule has 0 saturated heterocycles. The molecule has 4 heteroatoms. The summed E-state index contributed by atoms with van der Waals surface area (Å²) in [4.78, 5) is 4.26. The fourth-order valence-corrected chi connectivity index (χ4v) is 2.17. The number of aromatic nitrogens is 2. The molecule has 0 aliphatic rings. The average Bonchev–Trinajstić information content (AvgIpc) is 2.81. The molecule has 1 aromatic carbocycles. The van der Waals surface area contributed by atoms with Gasteiger partial charge in [-0.2, -0.15) is 0 Å². The summed E-state index contributed by atoms with van der Waals surface area (Å²) in [5.74, 6) is 1.71. The highest BCUT2D eigenvalue weighted by atomic mass is 16.5. The van der Waals surface area contributed by atoms with Crippen molar-refractivity contribution in [3.05, 3.63) is 47.5 Å². The van der Waals surface area contributed by atoms with Gasteiger partial charge in [0.1, 0.15) is 11.6 Å². The van der Waals surface area contributed by atoms with E-state index in [2.05, 4.69) is 4.98 Å². The number of imidazole rings is 1. The van der Waals surface area contributed by atoms with Crippen LogP contribution in [0.3, 0.4) is 0 Å². The zero-order valence-electron chi connectivity index (χ0n) is 11.6. The Bertz CT molecular complexity index is 549. The third-order valence-corrected chi connectivity index (χ3v) is 3.31. The summed E-state index contributed by atoms with van der Waals surface area (Å²) in [6.45, 7) is 2.01. The van der Waals surface area contributed by atoms with E-state index in [0.29, 0.717) is 6.42 Å². The summed E-state index contributed by atoms with van der Waals surface area (Å²) in [6, 6.07) is 5.85. The Morgan fingerprint density at radius 3 is 2.84 bits per heavy atom. The Morgan fingerprint density at radius 1 is 1.42 bits per heavy atom. The van der Waals surface area contributed by atoms with Gasteiger partial charge in [-0.25, -0.2) is 4.98 Å². The molecule has 0 spiro atoms. The van der Waals surface area contributed by atoms with Crippen LogP contribution >= 0.6 is 0 Å². The molecular weight excluding hydrogens is 240 g/mol. The van der Waals surface area contributed by atoms with Gasteiger partial charge in [0.2, 0.25) is 0 Å². The molecule has 1 heterocycles. The van der Waals surface area contributed by atoms with Crippen LogP contribution in [0.1, 0.15) is 29.5 Å². The van der Waals surface area contributed by atoms with Crippen LogP contribution in [0, 0.1) is 6.92 Å². The molecule has 0 saturated carbocycles. The van der Waals surface area contributed by atoms with Gasteiger partial charge >= 0.3 is 0 Å². The second-order valence-electron chi connectivity index (χ2n) is 4.75. The highest BCUT2D eigenvalue weighted by molar-refractivity contribution is 5.38. The molecular formula is C15H20N2O2. The molecule has 1 N–H and O–H groups in total. The van der Waals surface area contributed by atoms with Gasteiger partial charge in [-0.15, -0.1) is 0 Å². The Labute approximate surface area is 113 Å². The molecule has 19 heavy (non-hydrogen) atoms. The molecule has 1 unspecified atom stereocenters. The Kier molecular flexibility index (Phi) is 4.22. The van der Waals surface area contributed by atoms with Gasteiger partial charge in [0, 0.05) is 31.4 Å². The molecule has 0 aliphatic carbocycles. The van der Waals surface area contributed by atoms with E-state index in [4.69, 9.17) is 4.74 Å². The minimum atomic E-state index is -0.536. The van der Waals surface area contributed by atoms with Crippen molar-refractivity contribution in [2.24, 2.45) is 7.05 Å². The number of aryl methyl sites for hydroxylation is 3. The minimum absolute atomic E-state index is 0.536. The molecule has 0 radical (unpaired) electrons. The van der Waals surface area contributed by atoms with Gasteiger partial charge in [-0.3, -0.25) is 0 Å². The van der Waals surface area contributed by atoms with E-state index >= 15 is 0 Å². The normalized spacial score (nSPS) is 12.4. The highest BCUT2D eigenvalue weighted by Crippen LogP contribution is 2.28. The Hall–Kier alpha value is -1.81. The van der Waals surface area contributed by atoms with Gasteiger partial charge in [0.15, 0.2) is 0 Å². The number of methoxy groups -OCH3 is 1. The molecule has 0 bridgehead atoms. The predicted octanol–water partition coefficient (Wildman–Crippen LogP) is 2.40. The van der Waals surface area contributed by atoms with E-state index in [1.54, 1.807) is 13.3 Å². The lowest BCUT2D eigenvalue weighted by Crippen LogP contribution is -2.05. The minimum Gasteiger partial charge on any atom is -0.496 e. The molecule has 1 aromatic heterocycles. The van der Waals surface area contributed by atoms with Crippen molar-refractivity contribution in [1.82, 2.24) is 9.55 Å². The van der Waals surface area contributed by atoms with Crippen molar-refractivity contribution in [2.75, 3.05) is 7.11 Å². The first-order chi connectivity index (χ1) is 9.11. The van der Waals surface area contributed by atoms with Crippen molar-refractivity contribution in [3.63, 3.8) is 0 Å². The lowest BCUT2D eigenvalue weighted by Gasteiger charge is -2.15. The van der Waals surface area contributed by atoms with E-state index in [9.17, 15) is 5.11 Å². The third-order valence-electron chi connectivity index (χ3n) is 3.31. The number of ether oxygens (including phenoxy) is 1. The number of aliphatic hydroxyl groups is 1. The highest BCUT2D eigenvalue weighted by Gasteiger charge is 2.14. The lowest BCUT2D eigenvalue weighted by molar-refractivity contribution is 0.162. The molecule has 2 rings (SSSR count). The van der Waals surface area contributed by atoms with Gasteiger partial charge < -0.3 is 14.4 Å². The Morgan fingerprint density at radius 2 is 2.21 bits per heavy atom. The molecule has 2 aromatic rings. The van der Waals surface area contributed by atoms with Crippen LogP contribution in [0.2, 0.25) is 0 Å². The molecule has 1 atom stereocenters. The van der Waals surface area contributed by atoms with Crippen LogP contribution in [-0.4, -0.2) is 21.8 Å². The van der Waals surface area contributed by atoms with Crippen LogP contribution in [0.4, 0.5) is 0 Å². The third kappa shape index (κ3) is 3.15. The van der Waals surface area contributed by atoms with E-state index in [0.717, 1.165) is 29.1 Å². The lowest BCUT2D eigenvalue weighted by atomic mass is 10.0. The van der Waals surface area contributed by atoms with Crippen LogP contribution in [0.25, 0.3) is 0 Å². The number of nitrogens with zero attached hydrogens (tertiary/aromatic N) is 2. The van der Waals surface area contributed by atoms with Gasteiger partial charge in [0.25, 0.3) is 0 Å². The summed E-state index contributed by atoms with van der Waals surface area (Å²) >= 11 is 0. The number of benzene rings is 1.